The predicted octanol–water partition coefficient (Wildman–Crippen LogP) is 6.60. The summed E-state index contributed by atoms with van der Waals surface area (Å²) in [6.07, 6.45) is 10.8. The lowest BCUT2D eigenvalue weighted by atomic mass is 9.47. The van der Waals surface area contributed by atoms with Crippen LogP contribution in [-0.4, -0.2) is 16.7 Å². The average molecular weight is 585 g/mol. The van der Waals surface area contributed by atoms with Gasteiger partial charge in [-0.05, 0) is 108 Å². The first kappa shape index (κ1) is 22.5. The summed E-state index contributed by atoms with van der Waals surface area (Å²) in [5.74, 6) is 1.74. The highest BCUT2D eigenvalue weighted by molar-refractivity contribution is 14.1. The normalized spacial score (nSPS) is 36.6. The summed E-state index contributed by atoms with van der Waals surface area (Å²) in [6.45, 7) is 0. The zero-order chi connectivity index (χ0) is 24.7. The number of fused-ring (bicyclic) bond motifs is 3. The molecule has 2 aromatic rings. The van der Waals surface area contributed by atoms with E-state index < -0.39 is 23.4 Å². The van der Waals surface area contributed by atoms with Gasteiger partial charge in [-0.1, -0.05) is 42.5 Å². The van der Waals surface area contributed by atoms with Crippen LogP contribution < -0.4 is 0 Å². The van der Waals surface area contributed by atoms with Crippen molar-refractivity contribution in [2.45, 2.75) is 56.5 Å². The molecule has 180 valence electrons. The number of hydrogen-bond donors (Lipinski definition) is 0. The monoisotopic (exact) mass is 585 g/mol. The van der Waals surface area contributed by atoms with Crippen LogP contribution in [0.4, 0.5) is 0 Å². The molecule has 6 aliphatic rings. The zero-order valence-corrected chi connectivity index (χ0v) is 22.3. The van der Waals surface area contributed by atoms with E-state index in [-0.39, 0.29) is 11.2 Å². The average Bonchev–Trinajstić information content (AvgIpc) is 3.18. The Morgan fingerprint density at radius 1 is 0.889 bits per heavy atom. The third-order valence-electron chi connectivity index (χ3n) is 10.0. The molecule has 0 amide bonds. The van der Waals surface area contributed by atoms with E-state index in [1.807, 2.05) is 54.7 Å². The van der Waals surface area contributed by atoms with Crippen molar-refractivity contribution in [2.24, 2.45) is 28.6 Å². The molecule has 0 unspecified atom stereocenters. The zero-order valence-electron chi connectivity index (χ0n) is 20.1. The number of rotatable bonds is 3. The number of carbonyl (C=O) groups is 1. The van der Waals surface area contributed by atoms with E-state index in [4.69, 9.17) is 0 Å². The van der Waals surface area contributed by atoms with Gasteiger partial charge in [-0.25, -0.2) is 0 Å². The van der Waals surface area contributed by atoms with E-state index >= 15 is 0 Å². The Hall–Kier alpha value is -2.64. The fourth-order valence-electron chi connectivity index (χ4n) is 9.09. The molecule has 0 aromatic heterocycles. The first-order valence-corrected chi connectivity index (χ1v) is 14.2. The molecule has 3 atom stereocenters. The summed E-state index contributed by atoms with van der Waals surface area (Å²) in [7, 11) is 0. The molecule has 4 aliphatic carbocycles. The van der Waals surface area contributed by atoms with Gasteiger partial charge in [0.05, 0.1) is 24.2 Å². The van der Waals surface area contributed by atoms with Crippen molar-refractivity contribution >= 4 is 34.5 Å². The fourth-order valence-corrected chi connectivity index (χ4v) is 9.81. The second-order valence-corrected chi connectivity index (χ2v) is 13.1. The Labute approximate surface area is 226 Å². The minimum Gasteiger partial charge on any atom is -0.357 e. The van der Waals surface area contributed by atoms with Gasteiger partial charge < -0.3 is 4.90 Å². The van der Waals surface area contributed by atoms with Gasteiger partial charge in [-0.3, -0.25) is 4.79 Å². The van der Waals surface area contributed by atoms with E-state index in [0.29, 0.717) is 17.8 Å². The number of Topliss-reactive ketones (excluding diaryl/α,β-unsaturated/α-hetero) is 1. The molecular formula is C31H28IN3O. The molecule has 2 aliphatic heterocycles. The molecule has 1 saturated heterocycles. The van der Waals surface area contributed by atoms with Crippen LogP contribution in [0, 0.1) is 54.8 Å². The van der Waals surface area contributed by atoms with Crippen molar-refractivity contribution in [1.29, 1.82) is 10.5 Å². The topological polar surface area (TPSA) is 67.9 Å². The highest BCUT2D eigenvalue weighted by Crippen LogP contribution is 2.65. The second kappa shape index (κ2) is 7.93. The summed E-state index contributed by atoms with van der Waals surface area (Å²) in [4.78, 5) is 17.1. The van der Waals surface area contributed by atoms with Gasteiger partial charge >= 0.3 is 0 Å². The quantitative estimate of drug-likeness (QED) is 0.381. The molecule has 5 fully saturated rings. The highest BCUT2D eigenvalue weighted by atomic mass is 127. The molecule has 36 heavy (non-hydrogen) atoms. The van der Waals surface area contributed by atoms with Crippen LogP contribution in [-0.2, 0) is 4.79 Å². The SMILES string of the molecule is N#CC1(C#N)[C@H](c2ccccc2I)[C@@H](C(=O)C23CC4CC(CC(C4)C2)C3)N2C=Cc3ccccc3[C@@H]21. The fraction of sp³-hybridized carbons (Fsp3) is 0.452. The smallest absolute Gasteiger partial charge is 0.177 e. The summed E-state index contributed by atoms with van der Waals surface area (Å²) < 4.78 is 1.01. The minimum atomic E-state index is -1.37. The molecular weight excluding hydrogens is 557 g/mol. The Kier molecular flexibility index (Phi) is 4.97. The number of hydrogen-bond acceptors (Lipinski definition) is 4. The van der Waals surface area contributed by atoms with E-state index in [2.05, 4.69) is 45.7 Å². The van der Waals surface area contributed by atoms with Crippen molar-refractivity contribution in [1.82, 2.24) is 4.90 Å². The summed E-state index contributed by atoms with van der Waals surface area (Å²) in [5, 5.41) is 21.6. The van der Waals surface area contributed by atoms with Crippen LogP contribution in [0.1, 0.15) is 67.2 Å². The molecule has 4 bridgehead atoms. The van der Waals surface area contributed by atoms with Crippen molar-refractivity contribution in [3.63, 3.8) is 0 Å². The van der Waals surface area contributed by atoms with Crippen molar-refractivity contribution in [3.8, 4) is 12.1 Å². The Balaban J connectivity index is 1.44. The first-order chi connectivity index (χ1) is 17.5. The Morgan fingerprint density at radius 3 is 2.08 bits per heavy atom. The van der Waals surface area contributed by atoms with Gasteiger partial charge in [-0.15, -0.1) is 0 Å². The molecule has 4 nitrogen and oxygen atoms in total. The van der Waals surface area contributed by atoms with Crippen molar-refractivity contribution in [3.05, 3.63) is 75.0 Å². The lowest BCUT2D eigenvalue weighted by Crippen LogP contribution is -2.55. The number of carbonyl (C=O) groups excluding carboxylic acids is 1. The van der Waals surface area contributed by atoms with Gasteiger partial charge in [0.1, 0.15) is 0 Å². The summed E-state index contributed by atoms with van der Waals surface area (Å²) in [6, 6.07) is 20.1. The molecule has 2 heterocycles. The predicted molar refractivity (Wildman–Crippen MR) is 145 cm³/mol. The molecule has 4 saturated carbocycles. The summed E-state index contributed by atoms with van der Waals surface area (Å²) in [5.41, 5.74) is 1.27. The van der Waals surface area contributed by atoms with Gasteiger partial charge in [0.2, 0.25) is 0 Å². The number of ketones is 1. The maximum Gasteiger partial charge on any atom is 0.177 e. The maximum absolute atomic E-state index is 15.0. The van der Waals surface area contributed by atoms with Gasteiger partial charge in [-0.2, -0.15) is 10.5 Å². The molecule has 0 N–H and O–H groups in total. The number of nitrogens with zero attached hydrogens (tertiary/aromatic N) is 3. The molecule has 0 spiro atoms. The lowest BCUT2D eigenvalue weighted by Gasteiger charge is -2.57. The van der Waals surface area contributed by atoms with Crippen LogP contribution in [0.5, 0.6) is 0 Å². The van der Waals surface area contributed by atoms with E-state index in [1.165, 1.54) is 19.3 Å². The Bertz CT molecular complexity index is 1330. The van der Waals surface area contributed by atoms with Crippen molar-refractivity contribution < 1.29 is 4.79 Å². The molecule has 8 rings (SSSR count). The lowest BCUT2D eigenvalue weighted by molar-refractivity contribution is -0.148. The largest absolute Gasteiger partial charge is 0.357 e. The third kappa shape index (κ3) is 2.93. The third-order valence-corrected chi connectivity index (χ3v) is 11.0. The number of nitriles is 2. The van der Waals surface area contributed by atoms with Gasteiger partial charge in [0.25, 0.3) is 0 Å². The van der Waals surface area contributed by atoms with E-state index in [9.17, 15) is 15.3 Å². The second-order valence-electron chi connectivity index (χ2n) is 11.9. The number of benzene rings is 2. The first-order valence-electron chi connectivity index (χ1n) is 13.2. The minimum absolute atomic E-state index is 0.285. The maximum atomic E-state index is 15.0. The molecule has 5 heteroatoms. The summed E-state index contributed by atoms with van der Waals surface area (Å²) >= 11 is 2.31. The standard InChI is InChI=1S/C31H28IN3O/c32-25-8-4-3-7-24(25)26-27(29(36)30-14-19-11-20(15-30)13-21(12-19)16-30)35-10-9-22-5-1-2-6-23(22)28(35)31(26,17-33)18-34/h1-10,19-21,26-28H,11-16H2/t19?,20?,21?,26-,27+,28-,30?/m1/s1. The molecule has 0 radical (unpaired) electrons. The van der Waals surface area contributed by atoms with Crippen LogP contribution in [0.25, 0.3) is 6.08 Å². The van der Waals surface area contributed by atoms with E-state index in [1.54, 1.807) is 0 Å². The van der Waals surface area contributed by atoms with Crippen LogP contribution in [0.15, 0.2) is 54.7 Å². The van der Waals surface area contributed by atoms with Gasteiger partial charge in [0.15, 0.2) is 11.2 Å². The van der Waals surface area contributed by atoms with Crippen LogP contribution >= 0.6 is 22.6 Å². The van der Waals surface area contributed by atoms with E-state index in [0.717, 1.165) is 39.5 Å². The van der Waals surface area contributed by atoms with Crippen molar-refractivity contribution in [2.75, 3.05) is 0 Å². The Morgan fingerprint density at radius 2 is 1.47 bits per heavy atom. The van der Waals surface area contributed by atoms with Gasteiger partial charge in [0, 0.05) is 21.1 Å². The highest BCUT2D eigenvalue weighted by Gasteiger charge is 2.67. The van der Waals surface area contributed by atoms with Crippen LogP contribution in [0.2, 0.25) is 0 Å². The van der Waals surface area contributed by atoms with Crippen LogP contribution in [0.3, 0.4) is 0 Å². The number of halogens is 1. The molecule has 2 aromatic carbocycles.